The van der Waals surface area contributed by atoms with Gasteiger partial charge in [-0.05, 0) is 58.4 Å². The number of rotatable bonds is 15. The summed E-state index contributed by atoms with van der Waals surface area (Å²) in [7, 11) is 0. The number of unbranched alkanes of at least 4 members (excludes halogenated alkanes) is 1. The number of aliphatic hydroxyl groups is 1. The van der Waals surface area contributed by atoms with Crippen molar-refractivity contribution < 1.29 is 29.4 Å². The zero-order valence-corrected chi connectivity index (χ0v) is 20.2. The van der Waals surface area contributed by atoms with E-state index in [0.717, 1.165) is 0 Å². The van der Waals surface area contributed by atoms with Gasteiger partial charge in [0.15, 0.2) is 5.96 Å². The summed E-state index contributed by atoms with van der Waals surface area (Å²) >= 11 is 0. The van der Waals surface area contributed by atoms with Gasteiger partial charge in [0.05, 0.1) is 6.10 Å². The minimum absolute atomic E-state index is 0.105. The van der Waals surface area contributed by atoms with Gasteiger partial charge < -0.3 is 48.7 Å². The number of guanidine groups is 1. The number of hydrogen-bond acceptors (Lipinski definition) is 8. The molecule has 1 aliphatic rings. The normalized spacial score (nSPS) is 18.7. The first-order valence-corrected chi connectivity index (χ1v) is 11.8. The standard InChI is InChI=1S/C21H40N8O6/c1-12(30)16(23)18(32)27-13(6-2-3-9-22)19(33)29-11-5-8-15(29)17(31)28-14(20(34)35)7-4-10-26-21(24)25/h12-16,30H,2-11,22-23H2,1H3,(H,27,32)(H,28,31)(H,34,35)(H4,24,25,26)/t12-,13+,14+,15-,16+/m1/s1. The van der Waals surface area contributed by atoms with Gasteiger partial charge in [0.1, 0.15) is 24.2 Å². The topological polar surface area (TPSA) is 252 Å². The smallest absolute Gasteiger partial charge is 0.326 e. The zero-order valence-electron chi connectivity index (χ0n) is 20.2. The maximum Gasteiger partial charge on any atom is 0.326 e. The Bertz CT molecular complexity index is 758. The molecule has 0 aromatic heterocycles. The van der Waals surface area contributed by atoms with Gasteiger partial charge >= 0.3 is 5.97 Å². The van der Waals surface area contributed by atoms with Gasteiger partial charge in [-0.2, -0.15) is 0 Å². The van der Waals surface area contributed by atoms with E-state index < -0.39 is 54.0 Å². The predicted molar refractivity (Wildman–Crippen MR) is 129 cm³/mol. The van der Waals surface area contributed by atoms with E-state index in [0.29, 0.717) is 38.6 Å². The highest BCUT2D eigenvalue weighted by molar-refractivity contribution is 5.94. The lowest BCUT2D eigenvalue weighted by atomic mass is 10.1. The van der Waals surface area contributed by atoms with Crippen LogP contribution < -0.4 is 33.6 Å². The van der Waals surface area contributed by atoms with Crippen molar-refractivity contribution >= 4 is 29.7 Å². The summed E-state index contributed by atoms with van der Waals surface area (Å²) in [5, 5.41) is 24.2. The van der Waals surface area contributed by atoms with E-state index in [-0.39, 0.29) is 31.9 Å². The molecule has 5 atom stereocenters. The average molecular weight is 501 g/mol. The molecule has 1 fully saturated rings. The van der Waals surface area contributed by atoms with Crippen LogP contribution in [0.5, 0.6) is 0 Å². The number of hydrogen-bond donors (Lipinski definition) is 8. The first kappa shape index (κ1) is 30.1. The van der Waals surface area contributed by atoms with Gasteiger partial charge in [0, 0.05) is 13.1 Å². The van der Waals surface area contributed by atoms with Crippen LogP contribution in [0.1, 0.15) is 51.9 Å². The Balaban J connectivity index is 2.90. The van der Waals surface area contributed by atoms with Gasteiger partial charge in [-0.25, -0.2) is 4.79 Å². The predicted octanol–water partition coefficient (Wildman–Crippen LogP) is -3.08. The van der Waals surface area contributed by atoms with Gasteiger partial charge in [-0.3, -0.25) is 19.4 Å². The van der Waals surface area contributed by atoms with Crippen LogP contribution in [0.25, 0.3) is 0 Å². The third kappa shape index (κ3) is 10.0. The van der Waals surface area contributed by atoms with Gasteiger partial charge in [-0.15, -0.1) is 0 Å². The van der Waals surface area contributed by atoms with E-state index >= 15 is 0 Å². The minimum atomic E-state index is -1.22. The number of nitrogens with two attached hydrogens (primary N) is 4. The molecule has 1 rings (SSSR count). The maximum absolute atomic E-state index is 13.3. The van der Waals surface area contributed by atoms with Crippen molar-refractivity contribution in [3.05, 3.63) is 0 Å². The molecule has 0 bridgehead atoms. The van der Waals surface area contributed by atoms with Crippen LogP contribution in [0.4, 0.5) is 0 Å². The highest BCUT2D eigenvalue weighted by atomic mass is 16.4. The molecule has 35 heavy (non-hydrogen) atoms. The number of aliphatic hydroxyl groups excluding tert-OH is 1. The van der Waals surface area contributed by atoms with E-state index in [1.54, 1.807) is 0 Å². The lowest BCUT2D eigenvalue weighted by molar-refractivity contribution is -0.145. The highest BCUT2D eigenvalue weighted by Gasteiger charge is 2.39. The number of carbonyl (C=O) groups is 4. The van der Waals surface area contributed by atoms with Crippen LogP contribution in [-0.4, -0.2) is 94.7 Å². The number of aliphatic imine (C=N–C) groups is 1. The Morgan fingerprint density at radius 3 is 2.31 bits per heavy atom. The Hall–Kier alpha value is -2.97. The Labute approximate surface area is 204 Å². The number of amides is 3. The summed E-state index contributed by atoms with van der Waals surface area (Å²) < 4.78 is 0. The van der Waals surface area contributed by atoms with Crippen molar-refractivity contribution in [3.8, 4) is 0 Å². The third-order valence-electron chi connectivity index (χ3n) is 5.78. The lowest BCUT2D eigenvalue weighted by Crippen LogP contribution is -2.57. The molecule has 0 unspecified atom stereocenters. The van der Waals surface area contributed by atoms with Crippen molar-refractivity contribution in [1.29, 1.82) is 0 Å². The summed E-state index contributed by atoms with van der Waals surface area (Å²) in [6, 6.07) is -4.21. The summed E-state index contributed by atoms with van der Waals surface area (Å²) in [5.41, 5.74) is 21.7. The quantitative estimate of drug-likeness (QED) is 0.0639. The summed E-state index contributed by atoms with van der Waals surface area (Å²) in [6.45, 7) is 2.28. The fraction of sp³-hybridized carbons (Fsp3) is 0.762. The average Bonchev–Trinajstić information content (AvgIpc) is 3.29. The molecule has 200 valence electrons. The molecule has 0 aromatic carbocycles. The molecule has 0 spiro atoms. The molecule has 1 saturated heterocycles. The molecule has 3 amide bonds. The number of carboxylic acid groups (broad SMARTS) is 1. The van der Waals surface area contributed by atoms with Crippen LogP contribution >= 0.6 is 0 Å². The van der Waals surface area contributed by atoms with Crippen molar-refractivity contribution in [1.82, 2.24) is 15.5 Å². The van der Waals surface area contributed by atoms with Crippen molar-refractivity contribution in [3.63, 3.8) is 0 Å². The Morgan fingerprint density at radius 2 is 1.74 bits per heavy atom. The zero-order chi connectivity index (χ0) is 26.5. The molecule has 1 heterocycles. The molecular weight excluding hydrogens is 460 g/mol. The monoisotopic (exact) mass is 500 g/mol. The molecule has 0 aromatic rings. The second-order valence-corrected chi connectivity index (χ2v) is 8.65. The van der Waals surface area contributed by atoms with Crippen LogP contribution in [0.15, 0.2) is 4.99 Å². The number of carboxylic acids is 1. The van der Waals surface area contributed by atoms with Crippen molar-refractivity contribution in [2.24, 2.45) is 27.9 Å². The largest absolute Gasteiger partial charge is 0.480 e. The van der Waals surface area contributed by atoms with Gasteiger partial charge in [0.2, 0.25) is 17.7 Å². The molecule has 0 aliphatic carbocycles. The van der Waals surface area contributed by atoms with Gasteiger partial charge in [0.25, 0.3) is 0 Å². The van der Waals surface area contributed by atoms with Crippen molar-refractivity contribution in [2.75, 3.05) is 19.6 Å². The van der Waals surface area contributed by atoms with E-state index in [2.05, 4.69) is 15.6 Å². The molecule has 14 heteroatoms. The summed E-state index contributed by atoms with van der Waals surface area (Å²) in [4.78, 5) is 55.4. The first-order chi connectivity index (χ1) is 16.5. The van der Waals surface area contributed by atoms with Crippen LogP contribution in [0, 0.1) is 0 Å². The summed E-state index contributed by atoms with van der Waals surface area (Å²) in [6.07, 6.45) is 1.69. The number of carbonyl (C=O) groups excluding carboxylic acids is 3. The molecular formula is C21H40N8O6. The molecule has 14 nitrogen and oxygen atoms in total. The molecule has 0 saturated carbocycles. The number of nitrogens with zero attached hydrogens (tertiary/aromatic N) is 2. The van der Waals surface area contributed by atoms with Crippen LogP contribution in [-0.2, 0) is 19.2 Å². The van der Waals surface area contributed by atoms with E-state index in [4.69, 9.17) is 22.9 Å². The number of aliphatic carboxylic acids is 1. The SMILES string of the molecule is C[C@@H](O)[C@H](N)C(=O)N[C@@H](CCCCN)C(=O)N1CCC[C@@H]1C(=O)N[C@@H](CCCN=C(N)N)C(=O)O. The van der Waals surface area contributed by atoms with E-state index in [1.807, 2.05) is 0 Å². The highest BCUT2D eigenvalue weighted by Crippen LogP contribution is 2.20. The summed E-state index contributed by atoms with van der Waals surface area (Å²) in [5.74, 6) is -3.05. The van der Waals surface area contributed by atoms with Crippen LogP contribution in [0.3, 0.4) is 0 Å². The first-order valence-electron chi connectivity index (χ1n) is 11.8. The second-order valence-electron chi connectivity index (χ2n) is 8.65. The second kappa shape index (κ2) is 15.1. The Kier molecular flexibility index (Phi) is 13.0. The lowest BCUT2D eigenvalue weighted by Gasteiger charge is -2.30. The fourth-order valence-electron chi connectivity index (χ4n) is 3.77. The van der Waals surface area contributed by atoms with E-state index in [1.165, 1.54) is 11.8 Å². The minimum Gasteiger partial charge on any atom is -0.480 e. The van der Waals surface area contributed by atoms with Crippen LogP contribution in [0.2, 0.25) is 0 Å². The molecule has 1 aliphatic heterocycles. The van der Waals surface area contributed by atoms with Crippen molar-refractivity contribution in [2.45, 2.75) is 82.1 Å². The fourth-order valence-corrected chi connectivity index (χ4v) is 3.77. The molecule has 12 N–H and O–H groups in total. The maximum atomic E-state index is 13.3. The Morgan fingerprint density at radius 1 is 1.09 bits per heavy atom. The number of likely N-dealkylation sites (tertiary alicyclic amines) is 1. The van der Waals surface area contributed by atoms with Gasteiger partial charge in [-0.1, -0.05) is 0 Å². The number of nitrogens with one attached hydrogen (secondary N) is 2. The van der Waals surface area contributed by atoms with E-state index in [9.17, 15) is 29.4 Å². The third-order valence-corrected chi connectivity index (χ3v) is 5.78. The molecule has 0 radical (unpaired) electrons.